The highest BCUT2D eigenvalue weighted by Gasteiger charge is 2.20. The van der Waals surface area contributed by atoms with E-state index in [1.165, 1.54) is 11.3 Å². The molecule has 2 heterocycles. The van der Waals surface area contributed by atoms with Crippen LogP contribution in [0, 0.1) is 18.3 Å². The van der Waals surface area contributed by atoms with E-state index < -0.39 is 5.92 Å². The molecule has 1 atom stereocenters. The highest BCUT2D eigenvalue weighted by molar-refractivity contribution is 7.17. The molecule has 2 aromatic heterocycles. The second-order valence-electron chi connectivity index (χ2n) is 8.40. The molecule has 5 nitrogen and oxygen atoms in total. The van der Waals surface area contributed by atoms with Crippen molar-refractivity contribution in [2.45, 2.75) is 12.8 Å². The van der Waals surface area contributed by atoms with E-state index in [2.05, 4.69) is 11.4 Å². The predicted octanol–water partition coefficient (Wildman–Crippen LogP) is 7.82. The SMILES string of the molecule is Cc1cc(C(C#N)c2ccc(Cl)cc2)c(Cl)cc1NC(=O)c1ccc(-c2nc3ccccc3n2C)s1. The van der Waals surface area contributed by atoms with E-state index in [0.29, 0.717) is 26.2 Å². The molecule has 3 aromatic carbocycles. The second kappa shape index (κ2) is 9.79. The van der Waals surface area contributed by atoms with Crippen LogP contribution in [0.15, 0.2) is 72.8 Å². The van der Waals surface area contributed by atoms with E-state index in [-0.39, 0.29) is 5.91 Å². The average Bonchev–Trinajstić information content (AvgIpc) is 3.49. The zero-order valence-corrected chi connectivity index (χ0v) is 21.7. The third kappa shape index (κ3) is 4.49. The number of para-hydroxylation sites is 2. The maximum Gasteiger partial charge on any atom is 0.265 e. The summed E-state index contributed by atoms with van der Waals surface area (Å²) in [6, 6.07) is 24.6. The van der Waals surface area contributed by atoms with Crippen LogP contribution >= 0.6 is 34.5 Å². The van der Waals surface area contributed by atoms with E-state index in [0.717, 1.165) is 32.9 Å². The van der Waals surface area contributed by atoms with Crippen molar-refractivity contribution in [1.82, 2.24) is 9.55 Å². The zero-order valence-electron chi connectivity index (χ0n) is 19.4. The van der Waals surface area contributed by atoms with Crippen LogP contribution in [0.5, 0.6) is 0 Å². The molecule has 0 fully saturated rings. The zero-order chi connectivity index (χ0) is 25.4. The normalized spacial score (nSPS) is 11.9. The minimum Gasteiger partial charge on any atom is -0.326 e. The number of amides is 1. The first-order valence-corrected chi connectivity index (χ1v) is 12.7. The first-order chi connectivity index (χ1) is 17.4. The van der Waals surface area contributed by atoms with Gasteiger partial charge in [0.25, 0.3) is 5.91 Å². The first kappa shape index (κ1) is 24.1. The van der Waals surface area contributed by atoms with Crippen LogP contribution < -0.4 is 5.32 Å². The van der Waals surface area contributed by atoms with Gasteiger partial charge in [-0.2, -0.15) is 5.26 Å². The molecule has 0 saturated carbocycles. The molecule has 0 aliphatic carbocycles. The number of anilines is 1. The summed E-state index contributed by atoms with van der Waals surface area (Å²) in [5.41, 5.74) is 4.83. The lowest BCUT2D eigenvalue weighted by atomic mass is 9.91. The summed E-state index contributed by atoms with van der Waals surface area (Å²) in [6.07, 6.45) is 0. The van der Waals surface area contributed by atoms with Gasteiger partial charge in [-0.25, -0.2) is 4.98 Å². The van der Waals surface area contributed by atoms with Gasteiger partial charge in [0.2, 0.25) is 0 Å². The molecule has 5 aromatic rings. The van der Waals surface area contributed by atoms with E-state index in [9.17, 15) is 10.1 Å². The number of carbonyl (C=O) groups is 1. The number of hydrogen-bond acceptors (Lipinski definition) is 4. The van der Waals surface area contributed by atoms with Gasteiger partial charge in [0, 0.05) is 22.8 Å². The lowest BCUT2D eigenvalue weighted by molar-refractivity contribution is 0.103. The van der Waals surface area contributed by atoms with E-state index >= 15 is 0 Å². The Bertz CT molecular complexity index is 1650. The molecular weight excluding hydrogens is 511 g/mol. The van der Waals surface area contributed by atoms with Crippen LogP contribution in [0.1, 0.15) is 32.3 Å². The molecule has 36 heavy (non-hydrogen) atoms. The average molecular weight is 531 g/mol. The molecule has 0 aliphatic heterocycles. The molecule has 5 rings (SSSR count). The van der Waals surface area contributed by atoms with Crippen molar-refractivity contribution >= 4 is 57.2 Å². The largest absolute Gasteiger partial charge is 0.326 e. The number of nitriles is 1. The van der Waals surface area contributed by atoms with Crippen molar-refractivity contribution in [2.75, 3.05) is 5.32 Å². The molecule has 1 N–H and O–H groups in total. The number of thiophene rings is 1. The molecule has 0 saturated heterocycles. The topological polar surface area (TPSA) is 70.7 Å². The summed E-state index contributed by atoms with van der Waals surface area (Å²) in [5.74, 6) is 0.0337. The number of rotatable bonds is 5. The van der Waals surface area contributed by atoms with Gasteiger partial charge in [-0.3, -0.25) is 4.79 Å². The Labute approximate surface area is 222 Å². The summed E-state index contributed by atoms with van der Waals surface area (Å²) in [6.45, 7) is 1.88. The van der Waals surface area contributed by atoms with Crippen LogP contribution in [-0.4, -0.2) is 15.5 Å². The lowest BCUT2D eigenvalue weighted by Crippen LogP contribution is -2.12. The predicted molar refractivity (Wildman–Crippen MR) is 147 cm³/mol. The summed E-state index contributed by atoms with van der Waals surface area (Å²) < 4.78 is 2.03. The Morgan fingerprint density at radius 2 is 1.83 bits per heavy atom. The van der Waals surface area contributed by atoms with Gasteiger partial charge in [-0.1, -0.05) is 53.5 Å². The van der Waals surface area contributed by atoms with Gasteiger partial charge < -0.3 is 9.88 Å². The van der Waals surface area contributed by atoms with Crippen LogP contribution in [0.3, 0.4) is 0 Å². The van der Waals surface area contributed by atoms with Crippen LogP contribution in [-0.2, 0) is 7.05 Å². The standard InChI is InChI=1S/C28H20Cl2N4OS/c1-16-13-19(20(15-31)17-7-9-18(29)10-8-17)21(30)14-23(16)33-28(35)26-12-11-25(36-26)27-32-22-5-3-4-6-24(22)34(27)2/h3-14,20H,1-2H3,(H,33,35). The summed E-state index contributed by atoms with van der Waals surface area (Å²) in [7, 11) is 1.97. The lowest BCUT2D eigenvalue weighted by Gasteiger charge is -2.16. The van der Waals surface area contributed by atoms with Gasteiger partial charge in [0.15, 0.2) is 5.82 Å². The molecule has 8 heteroatoms. The molecule has 0 aliphatic rings. The number of fused-ring (bicyclic) bond motifs is 1. The van der Waals surface area contributed by atoms with Crippen molar-refractivity contribution in [3.63, 3.8) is 0 Å². The second-order valence-corrected chi connectivity index (χ2v) is 10.3. The Morgan fingerprint density at radius 3 is 2.56 bits per heavy atom. The molecule has 0 bridgehead atoms. The Hall–Kier alpha value is -3.63. The maximum absolute atomic E-state index is 13.1. The van der Waals surface area contributed by atoms with Crippen molar-refractivity contribution in [3.05, 3.63) is 104 Å². The van der Waals surface area contributed by atoms with Crippen molar-refractivity contribution in [3.8, 4) is 16.8 Å². The monoisotopic (exact) mass is 530 g/mol. The van der Waals surface area contributed by atoms with Gasteiger partial charge >= 0.3 is 0 Å². The molecule has 0 spiro atoms. The minimum atomic E-state index is -0.550. The summed E-state index contributed by atoms with van der Waals surface area (Å²) >= 11 is 14.0. The van der Waals surface area contributed by atoms with Crippen LogP contribution in [0.25, 0.3) is 21.7 Å². The van der Waals surface area contributed by atoms with E-state index in [4.69, 9.17) is 28.2 Å². The number of nitrogens with zero attached hydrogens (tertiary/aromatic N) is 3. The molecule has 178 valence electrons. The molecule has 1 unspecified atom stereocenters. The fourth-order valence-electron chi connectivity index (χ4n) is 4.17. The highest BCUT2D eigenvalue weighted by Crippen LogP contribution is 2.35. The Morgan fingerprint density at radius 1 is 1.08 bits per heavy atom. The Balaban J connectivity index is 1.39. The number of halogens is 2. The van der Waals surface area contributed by atoms with Gasteiger partial charge in [0.05, 0.1) is 32.8 Å². The minimum absolute atomic E-state index is 0.230. The summed E-state index contributed by atoms with van der Waals surface area (Å²) in [4.78, 5) is 19.3. The number of imidazole rings is 1. The number of nitrogens with one attached hydrogen (secondary N) is 1. The fraction of sp³-hybridized carbons (Fsp3) is 0.107. The van der Waals surface area contributed by atoms with Gasteiger partial charge in [-0.05, 0) is 66.1 Å². The number of aryl methyl sites for hydroxylation is 2. The molecule has 1 amide bonds. The van der Waals surface area contributed by atoms with Crippen LogP contribution in [0.2, 0.25) is 10.0 Å². The number of carbonyl (C=O) groups excluding carboxylic acids is 1. The first-order valence-electron chi connectivity index (χ1n) is 11.1. The van der Waals surface area contributed by atoms with Gasteiger partial charge in [-0.15, -0.1) is 11.3 Å². The third-order valence-electron chi connectivity index (χ3n) is 6.07. The van der Waals surface area contributed by atoms with Crippen LogP contribution in [0.4, 0.5) is 5.69 Å². The van der Waals surface area contributed by atoms with E-state index in [1.54, 1.807) is 24.3 Å². The van der Waals surface area contributed by atoms with Crippen molar-refractivity contribution < 1.29 is 4.79 Å². The van der Waals surface area contributed by atoms with E-state index in [1.807, 2.05) is 67.1 Å². The molecular formula is C28H20Cl2N4OS. The number of benzene rings is 3. The Kier molecular flexibility index (Phi) is 6.55. The highest BCUT2D eigenvalue weighted by atomic mass is 35.5. The summed E-state index contributed by atoms with van der Waals surface area (Å²) in [5, 5.41) is 13.8. The molecule has 0 radical (unpaired) electrons. The third-order valence-corrected chi connectivity index (χ3v) is 7.73. The van der Waals surface area contributed by atoms with Gasteiger partial charge in [0.1, 0.15) is 0 Å². The number of aromatic nitrogens is 2. The maximum atomic E-state index is 13.1. The van der Waals surface area contributed by atoms with Crippen molar-refractivity contribution in [2.24, 2.45) is 7.05 Å². The fourth-order valence-corrected chi connectivity index (χ4v) is 5.49. The smallest absolute Gasteiger partial charge is 0.265 e. The van der Waals surface area contributed by atoms with Crippen molar-refractivity contribution in [1.29, 1.82) is 5.26 Å². The quantitative estimate of drug-likeness (QED) is 0.251. The number of hydrogen-bond donors (Lipinski definition) is 1.